The van der Waals surface area contributed by atoms with E-state index in [1.165, 1.54) is 0 Å². The predicted molar refractivity (Wildman–Crippen MR) is 82.7 cm³/mol. The van der Waals surface area contributed by atoms with Gasteiger partial charge in [-0.25, -0.2) is 4.98 Å². The Kier molecular flexibility index (Phi) is 3.01. The van der Waals surface area contributed by atoms with E-state index in [0.717, 1.165) is 5.56 Å². The standard InChI is InChI=1S/C16H11ClN2O3/c17-10-4-5-11-12(7-10)18-14(19-16(11)20)6-9-2-1-3-13-15(9)22-8-21-13/h1-5,7H,6,8H2,(H,18,19,20). The first-order valence-electron chi connectivity index (χ1n) is 6.77. The van der Waals surface area contributed by atoms with Crippen molar-refractivity contribution in [1.29, 1.82) is 0 Å². The summed E-state index contributed by atoms with van der Waals surface area (Å²) in [6.07, 6.45) is 0.449. The molecule has 0 spiro atoms. The van der Waals surface area contributed by atoms with Gasteiger partial charge in [-0.05, 0) is 24.3 Å². The Labute approximate surface area is 130 Å². The summed E-state index contributed by atoms with van der Waals surface area (Å²) in [5, 5.41) is 1.07. The average Bonchev–Trinajstić information content (AvgIpc) is 2.96. The van der Waals surface area contributed by atoms with Crippen LogP contribution in [-0.2, 0) is 6.42 Å². The number of hydrogen-bond acceptors (Lipinski definition) is 4. The van der Waals surface area contributed by atoms with Crippen LogP contribution in [0.5, 0.6) is 11.5 Å². The average molecular weight is 315 g/mol. The molecule has 1 N–H and O–H groups in total. The summed E-state index contributed by atoms with van der Waals surface area (Å²) in [5.41, 5.74) is 1.32. The molecule has 0 saturated carbocycles. The van der Waals surface area contributed by atoms with Crippen LogP contribution in [-0.4, -0.2) is 16.8 Å². The first kappa shape index (κ1) is 13.2. The number of benzene rings is 2. The second-order valence-corrected chi connectivity index (χ2v) is 5.44. The number of H-pyrrole nitrogens is 1. The van der Waals surface area contributed by atoms with Crippen molar-refractivity contribution in [2.45, 2.75) is 6.42 Å². The molecule has 2 aromatic carbocycles. The number of rotatable bonds is 2. The zero-order chi connectivity index (χ0) is 15.1. The minimum absolute atomic E-state index is 0.179. The highest BCUT2D eigenvalue weighted by Crippen LogP contribution is 2.36. The Morgan fingerprint density at radius 3 is 3.05 bits per heavy atom. The highest BCUT2D eigenvalue weighted by molar-refractivity contribution is 6.31. The van der Waals surface area contributed by atoms with E-state index >= 15 is 0 Å². The van der Waals surface area contributed by atoms with Gasteiger partial charge in [0.25, 0.3) is 5.56 Å². The molecule has 0 unspecified atom stereocenters. The number of nitrogens with zero attached hydrogens (tertiary/aromatic N) is 1. The van der Waals surface area contributed by atoms with Crippen molar-refractivity contribution in [3.05, 3.63) is 63.2 Å². The fourth-order valence-electron chi connectivity index (χ4n) is 2.56. The first-order chi connectivity index (χ1) is 10.7. The smallest absolute Gasteiger partial charge is 0.258 e. The fraction of sp³-hybridized carbons (Fsp3) is 0.125. The number of nitrogens with one attached hydrogen (secondary N) is 1. The molecule has 0 atom stereocenters. The van der Waals surface area contributed by atoms with Gasteiger partial charge in [0, 0.05) is 17.0 Å². The number of aromatic nitrogens is 2. The molecule has 0 amide bonds. The molecule has 1 aromatic heterocycles. The zero-order valence-corrected chi connectivity index (χ0v) is 12.2. The highest BCUT2D eigenvalue weighted by atomic mass is 35.5. The molecule has 6 heteroatoms. The van der Waals surface area contributed by atoms with Gasteiger partial charge in [-0.1, -0.05) is 23.7 Å². The molecule has 5 nitrogen and oxygen atoms in total. The van der Waals surface area contributed by atoms with Crippen LogP contribution in [0.25, 0.3) is 10.9 Å². The van der Waals surface area contributed by atoms with Crippen molar-refractivity contribution in [2.24, 2.45) is 0 Å². The summed E-state index contributed by atoms with van der Waals surface area (Å²) in [7, 11) is 0. The number of para-hydroxylation sites is 1. The second kappa shape index (κ2) is 5.03. The van der Waals surface area contributed by atoms with E-state index in [4.69, 9.17) is 21.1 Å². The number of hydrogen-bond donors (Lipinski definition) is 1. The lowest BCUT2D eigenvalue weighted by molar-refractivity contribution is 0.173. The molecule has 0 radical (unpaired) electrons. The minimum Gasteiger partial charge on any atom is -0.454 e. The summed E-state index contributed by atoms with van der Waals surface area (Å²) in [5.74, 6) is 1.98. The lowest BCUT2D eigenvalue weighted by Crippen LogP contribution is -2.12. The van der Waals surface area contributed by atoms with Crippen molar-refractivity contribution < 1.29 is 9.47 Å². The number of ether oxygens (including phenoxy) is 2. The molecule has 110 valence electrons. The van der Waals surface area contributed by atoms with Crippen LogP contribution in [0, 0.1) is 0 Å². The summed E-state index contributed by atoms with van der Waals surface area (Å²) in [4.78, 5) is 19.4. The summed E-state index contributed by atoms with van der Waals surface area (Å²) in [6, 6.07) is 10.7. The second-order valence-electron chi connectivity index (χ2n) is 5.00. The van der Waals surface area contributed by atoms with Gasteiger partial charge in [0.1, 0.15) is 5.82 Å². The van der Waals surface area contributed by atoms with E-state index < -0.39 is 0 Å². The number of fused-ring (bicyclic) bond motifs is 2. The maximum atomic E-state index is 12.1. The van der Waals surface area contributed by atoms with Crippen LogP contribution in [0.1, 0.15) is 11.4 Å². The van der Waals surface area contributed by atoms with Crippen molar-refractivity contribution in [1.82, 2.24) is 9.97 Å². The topological polar surface area (TPSA) is 64.2 Å². The Balaban J connectivity index is 1.79. The van der Waals surface area contributed by atoms with E-state index in [1.54, 1.807) is 18.2 Å². The summed E-state index contributed by atoms with van der Waals surface area (Å²) >= 11 is 5.97. The molecule has 1 aliphatic rings. The maximum absolute atomic E-state index is 12.1. The fourth-order valence-corrected chi connectivity index (χ4v) is 2.72. The predicted octanol–water partition coefficient (Wildman–Crippen LogP) is 2.90. The third-order valence-corrected chi connectivity index (χ3v) is 3.79. The molecule has 0 aliphatic carbocycles. The van der Waals surface area contributed by atoms with E-state index in [2.05, 4.69) is 9.97 Å². The van der Waals surface area contributed by atoms with Crippen LogP contribution >= 0.6 is 11.6 Å². The van der Waals surface area contributed by atoms with Gasteiger partial charge in [0.15, 0.2) is 11.5 Å². The zero-order valence-electron chi connectivity index (χ0n) is 11.4. The number of aromatic amines is 1. The summed E-state index contributed by atoms with van der Waals surface area (Å²) < 4.78 is 10.8. The van der Waals surface area contributed by atoms with Crippen LogP contribution in [0.4, 0.5) is 0 Å². The Hall–Kier alpha value is -2.53. The van der Waals surface area contributed by atoms with Crippen molar-refractivity contribution in [2.75, 3.05) is 6.79 Å². The Morgan fingerprint density at radius 2 is 2.14 bits per heavy atom. The lowest BCUT2D eigenvalue weighted by atomic mass is 10.1. The molecule has 2 heterocycles. The van der Waals surface area contributed by atoms with Crippen LogP contribution < -0.4 is 15.0 Å². The Morgan fingerprint density at radius 1 is 1.23 bits per heavy atom. The largest absolute Gasteiger partial charge is 0.454 e. The molecule has 22 heavy (non-hydrogen) atoms. The van der Waals surface area contributed by atoms with Gasteiger partial charge < -0.3 is 14.5 Å². The van der Waals surface area contributed by atoms with Crippen molar-refractivity contribution in [3.63, 3.8) is 0 Å². The molecule has 3 aromatic rings. The van der Waals surface area contributed by atoms with E-state index in [9.17, 15) is 4.79 Å². The van der Waals surface area contributed by atoms with Crippen LogP contribution in [0.2, 0.25) is 5.02 Å². The third-order valence-electron chi connectivity index (χ3n) is 3.55. The van der Waals surface area contributed by atoms with Gasteiger partial charge in [-0.15, -0.1) is 0 Å². The third kappa shape index (κ3) is 2.19. The normalized spacial score (nSPS) is 12.8. The van der Waals surface area contributed by atoms with Crippen molar-refractivity contribution >= 4 is 22.5 Å². The summed E-state index contributed by atoms with van der Waals surface area (Å²) in [6.45, 7) is 0.212. The van der Waals surface area contributed by atoms with Gasteiger partial charge in [-0.2, -0.15) is 0 Å². The van der Waals surface area contributed by atoms with Gasteiger partial charge >= 0.3 is 0 Å². The maximum Gasteiger partial charge on any atom is 0.258 e. The first-order valence-corrected chi connectivity index (χ1v) is 7.14. The highest BCUT2D eigenvalue weighted by Gasteiger charge is 2.18. The monoisotopic (exact) mass is 314 g/mol. The Bertz CT molecular complexity index is 936. The van der Waals surface area contributed by atoms with Gasteiger partial charge in [0.05, 0.1) is 10.9 Å². The molecular formula is C16H11ClN2O3. The molecule has 4 rings (SSSR count). The molecule has 0 fully saturated rings. The quantitative estimate of drug-likeness (QED) is 0.790. The van der Waals surface area contributed by atoms with Crippen molar-refractivity contribution in [3.8, 4) is 11.5 Å². The van der Waals surface area contributed by atoms with Crippen LogP contribution in [0.15, 0.2) is 41.2 Å². The van der Waals surface area contributed by atoms with E-state index in [1.807, 2.05) is 18.2 Å². The minimum atomic E-state index is -0.179. The van der Waals surface area contributed by atoms with Gasteiger partial charge in [-0.3, -0.25) is 4.79 Å². The molecule has 1 aliphatic heterocycles. The molecule has 0 saturated heterocycles. The van der Waals surface area contributed by atoms with Gasteiger partial charge in [0.2, 0.25) is 6.79 Å². The lowest BCUT2D eigenvalue weighted by Gasteiger charge is -2.06. The van der Waals surface area contributed by atoms with E-state index in [0.29, 0.717) is 39.7 Å². The SMILES string of the molecule is O=c1[nH]c(Cc2cccc3c2OCO3)nc2cc(Cl)ccc12. The van der Waals surface area contributed by atoms with Crippen LogP contribution in [0.3, 0.4) is 0 Å². The molecular weight excluding hydrogens is 304 g/mol. The molecule has 0 bridgehead atoms. The van der Waals surface area contributed by atoms with E-state index in [-0.39, 0.29) is 12.4 Å². The number of halogens is 1.